The number of benzene rings is 1. The number of rotatable bonds is 7. The lowest BCUT2D eigenvalue weighted by molar-refractivity contribution is -0.142. The molecule has 0 atom stereocenters. The summed E-state index contributed by atoms with van der Waals surface area (Å²) in [4.78, 5) is 15.7. The molecule has 0 radical (unpaired) electrons. The molecule has 0 aliphatic heterocycles. The fraction of sp³-hybridized carbons (Fsp3) is 0.316. The molecule has 0 spiro atoms. The van der Waals surface area contributed by atoms with Crippen molar-refractivity contribution in [2.45, 2.75) is 20.0 Å². The Kier molecular flexibility index (Phi) is 6.97. The summed E-state index contributed by atoms with van der Waals surface area (Å²) in [5.74, 6) is -0.563. The molecule has 0 aliphatic rings. The summed E-state index contributed by atoms with van der Waals surface area (Å²) < 4.78 is 50.1. The zero-order valence-electron chi connectivity index (χ0n) is 15.7. The van der Waals surface area contributed by atoms with Crippen LogP contribution in [0.15, 0.2) is 47.7 Å². The van der Waals surface area contributed by atoms with Gasteiger partial charge in [0, 0.05) is 6.20 Å². The van der Waals surface area contributed by atoms with Crippen LogP contribution in [0.1, 0.15) is 25.0 Å². The molecule has 0 saturated carbocycles. The molecular formula is C19H20F3N3O3. The molecule has 9 heteroatoms. The van der Waals surface area contributed by atoms with Crippen molar-refractivity contribution in [1.82, 2.24) is 4.98 Å². The molecule has 1 heterocycles. The van der Waals surface area contributed by atoms with Crippen molar-refractivity contribution in [3.63, 3.8) is 0 Å². The number of hydrogen-bond acceptors (Lipinski definition) is 6. The van der Waals surface area contributed by atoms with E-state index in [1.165, 1.54) is 19.4 Å². The highest BCUT2D eigenvalue weighted by Crippen LogP contribution is 2.35. The topological polar surface area (TPSA) is 64.0 Å². The van der Waals surface area contributed by atoms with Crippen LogP contribution in [0, 0.1) is 0 Å². The highest BCUT2D eigenvalue weighted by Gasteiger charge is 2.36. The summed E-state index contributed by atoms with van der Waals surface area (Å²) in [6.07, 6.45) is -3.44. The number of esters is 1. The van der Waals surface area contributed by atoms with E-state index in [0.717, 1.165) is 11.1 Å². The van der Waals surface area contributed by atoms with Crippen molar-refractivity contribution in [2.24, 2.45) is 5.10 Å². The third-order valence-corrected chi connectivity index (χ3v) is 3.70. The SMILES string of the molecule is CCOC(=O)CN(/N=C(\C)c1ccc(OC)cc1)c1ncccc1C(F)(F)F. The summed E-state index contributed by atoms with van der Waals surface area (Å²) >= 11 is 0. The summed E-state index contributed by atoms with van der Waals surface area (Å²) in [5.41, 5.74) is 0.0513. The molecule has 0 aliphatic carbocycles. The lowest BCUT2D eigenvalue weighted by Gasteiger charge is -2.22. The Morgan fingerprint density at radius 2 is 1.89 bits per heavy atom. The van der Waals surface area contributed by atoms with Gasteiger partial charge in [0.1, 0.15) is 12.3 Å². The molecule has 0 bridgehead atoms. The molecule has 1 aromatic heterocycles. The number of anilines is 1. The van der Waals surface area contributed by atoms with Gasteiger partial charge in [0.25, 0.3) is 0 Å². The zero-order valence-corrected chi connectivity index (χ0v) is 15.7. The average Bonchev–Trinajstić information content (AvgIpc) is 2.67. The number of pyridine rings is 1. The second-order valence-corrected chi connectivity index (χ2v) is 5.65. The smallest absolute Gasteiger partial charge is 0.420 e. The molecule has 0 amide bonds. The second kappa shape index (κ2) is 9.20. The van der Waals surface area contributed by atoms with Gasteiger partial charge in [-0.2, -0.15) is 18.3 Å². The molecule has 0 fully saturated rings. The lowest BCUT2D eigenvalue weighted by Crippen LogP contribution is -2.30. The maximum atomic E-state index is 13.4. The Hall–Kier alpha value is -3.10. The van der Waals surface area contributed by atoms with Gasteiger partial charge in [-0.3, -0.25) is 4.79 Å². The highest BCUT2D eigenvalue weighted by atomic mass is 19.4. The van der Waals surface area contributed by atoms with Gasteiger partial charge in [0.15, 0.2) is 5.82 Å². The summed E-state index contributed by atoms with van der Waals surface area (Å²) in [7, 11) is 1.52. The number of carbonyl (C=O) groups is 1. The Balaban J connectivity index is 2.46. The maximum Gasteiger partial charge on any atom is 0.420 e. The standard InChI is InChI=1S/C19H20F3N3O3/c1-4-28-17(26)12-25(18-16(19(20,21)22)6-5-11-23-18)24-13(2)14-7-9-15(27-3)10-8-14/h5-11H,4,12H2,1-3H3/b24-13+. The van der Waals surface area contributed by atoms with Gasteiger partial charge in [0.2, 0.25) is 0 Å². The molecule has 0 N–H and O–H groups in total. The molecule has 6 nitrogen and oxygen atoms in total. The first-order valence-electron chi connectivity index (χ1n) is 8.41. The number of carbonyl (C=O) groups excluding carboxylic acids is 1. The Bertz CT molecular complexity index is 836. The van der Waals surface area contributed by atoms with E-state index >= 15 is 0 Å². The van der Waals surface area contributed by atoms with E-state index in [1.807, 2.05) is 0 Å². The second-order valence-electron chi connectivity index (χ2n) is 5.65. The first-order chi connectivity index (χ1) is 13.3. The van der Waals surface area contributed by atoms with Gasteiger partial charge < -0.3 is 9.47 Å². The summed E-state index contributed by atoms with van der Waals surface area (Å²) in [5, 5.41) is 5.12. The molecular weight excluding hydrogens is 375 g/mol. The monoisotopic (exact) mass is 395 g/mol. The molecule has 150 valence electrons. The predicted octanol–water partition coefficient (Wildman–Crippen LogP) is 3.90. The van der Waals surface area contributed by atoms with E-state index < -0.39 is 30.1 Å². The van der Waals surface area contributed by atoms with Crippen molar-refractivity contribution in [3.05, 3.63) is 53.7 Å². The van der Waals surface area contributed by atoms with E-state index in [-0.39, 0.29) is 6.61 Å². The number of hydrogen-bond donors (Lipinski definition) is 0. The molecule has 2 aromatic rings. The first kappa shape index (κ1) is 21.2. The molecule has 2 rings (SSSR count). The van der Waals surface area contributed by atoms with Crippen LogP contribution < -0.4 is 9.75 Å². The third kappa shape index (κ3) is 5.45. The normalized spacial score (nSPS) is 11.9. The average molecular weight is 395 g/mol. The van der Waals surface area contributed by atoms with Crippen molar-refractivity contribution < 1.29 is 27.4 Å². The molecule has 1 aromatic carbocycles. The van der Waals surface area contributed by atoms with Crippen molar-refractivity contribution in [2.75, 3.05) is 25.3 Å². The van der Waals surface area contributed by atoms with Crippen LogP contribution in [-0.4, -0.2) is 36.9 Å². The number of aromatic nitrogens is 1. The van der Waals surface area contributed by atoms with E-state index in [1.54, 1.807) is 38.1 Å². The number of halogens is 3. The zero-order chi connectivity index (χ0) is 20.7. The number of methoxy groups -OCH3 is 1. The van der Waals surface area contributed by atoms with E-state index in [9.17, 15) is 18.0 Å². The van der Waals surface area contributed by atoms with Crippen molar-refractivity contribution in [3.8, 4) is 5.75 Å². The van der Waals surface area contributed by atoms with Crippen LogP contribution >= 0.6 is 0 Å². The van der Waals surface area contributed by atoms with E-state index in [2.05, 4.69) is 10.1 Å². The minimum Gasteiger partial charge on any atom is -0.497 e. The quantitative estimate of drug-likeness (QED) is 0.404. The fourth-order valence-corrected chi connectivity index (χ4v) is 2.38. The van der Waals surface area contributed by atoms with Gasteiger partial charge in [-0.25, -0.2) is 9.99 Å². The minimum atomic E-state index is -4.65. The molecule has 0 saturated heterocycles. The Morgan fingerprint density at radius 3 is 2.46 bits per heavy atom. The van der Waals surface area contributed by atoms with Gasteiger partial charge in [-0.05, 0) is 55.8 Å². The van der Waals surface area contributed by atoms with E-state index in [0.29, 0.717) is 17.0 Å². The summed E-state index contributed by atoms with van der Waals surface area (Å²) in [6.45, 7) is 2.82. The number of nitrogens with zero attached hydrogens (tertiary/aromatic N) is 3. The largest absolute Gasteiger partial charge is 0.497 e. The van der Waals surface area contributed by atoms with Gasteiger partial charge in [-0.1, -0.05) is 0 Å². The van der Waals surface area contributed by atoms with Gasteiger partial charge in [-0.15, -0.1) is 0 Å². The third-order valence-electron chi connectivity index (χ3n) is 3.70. The van der Waals surface area contributed by atoms with Crippen LogP contribution in [0.3, 0.4) is 0 Å². The van der Waals surface area contributed by atoms with Crippen LogP contribution in [-0.2, 0) is 15.7 Å². The van der Waals surface area contributed by atoms with Crippen LogP contribution in [0.4, 0.5) is 19.0 Å². The van der Waals surface area contributed by atoms with Crippen LogP contribution in [0.5, 0.6) is 5.75 Å². The van der Waals surface area contributed by atoms with Crippen molar-refractivity contribution in [1.29, 1.82) is 0 Å². The Morgan fingerprint density at radius 1 is 1.21 bits per heavy atom. The minimum absolute atomic E-state index is 0.0994. The number of ether oxygens (including phenoxy) is 2. The van der Waals surface area contributed by atoms with Crippen LogP contribution in [0.2, 0.25) is 0 Å². The Labute approximate surface area is 160 Å². The van der Waals surface area contributed by atoms with Crippen molar-refractivity contribution >= 4 is 17.5 Å². The summed E-state index contributed by atoms with van der Waals surface area (Å²) in [6, 6.07) is 8.89. The fourth-order valence-electron chi connectivity index (χ4n) is 2.38. The molecule has 0 unspecified atom stereocenters. The number of hydrazone groups is 1. The van der Waals surface area contributed by atoms with Crippen LogP contribution in [0.25, 0.3) is 0 Å². The predicted molar refractivity (Wildman–Crippen MR) is 98.4 cm³/mol. The highest BCUT2D eigenvalue weighted by molar-refractivity contribution is 5.99. The van der Waals surface area contributed by atoms with E-state index in [4.69, 9.17) is 9.47 Å². The molecule has 28 heavy (non-hydrogen) atoms. The van der Waals surface area contributed by atoms with Gasteiger partial charge >= 0.3 is 12.1 Å². The first-order valence-corrected chi connectivity index (χ1v) is 8.41. The lowest BCUT2D eigenvalue weighted by atomic mass is 10.1. The number of alkyl halides is 3. The maximum absolute atomic E-state index is 13.4. The van der Waals surface area contributed by atoms with Gasteiger partial charge in [0.05, 0.1) is 25.0 Å².